The Morgan fingerprint density at radius 2 is 2.20 bits per heavy atom. The van der Waals surface area contributed by atoms with Gasteiger partial charge in [0.2, 0.25) is 5.91 Å². The molecule has 0 saturated carbocycles. The second-order valence-corrected chi connectivity index (χ2v) is 7.24. The van der Waals surface area contributed by atoms with Gasteiger partial charge in [-0.25, -0.2) is 8.78 Å². The predicted octanol–water partition coefficient (Wildman–Crippen LogP) is 2.61. The van der Waals surface area contributed by atoms with Crippen molar-refractivity contribution in [2.75, 3.05) is 26.2 Å². The minimum Gasteiger partial charge on any atom is -0.354 e. The van der Waals surface area contributed by atoms with Gasteiger partial charge in [0.15, 0.2) is 0 Å². The predicted molar refractivity (Wildman–Crippen MR) is 93.1 cm³/mol. The number of nitrogens with one attached hydrogen (secondary N) is 2. The van der Waals surface area contributed by atoms with E-state index >= 15 is 0 Å². The third-order valence-corrected chi connectivity index (χ3v) is 5.45. The van der Waals surface area contributed by atoms with Crippen LogP contribution in [0.3, 0.4) is 0 Å². The summed E-state index contributed by atoms with van der Waals surface area (Å²) in [6.07, 6.45) is 4.04. The molecule has 2 saturated heterocycles. The number of benzene rings is 1. The van der Waals surface area contributed by atoms with Gasteiger partial charge in [-0.1, -0.05) is 6.07 Å². The fraction of sp³-hybridized carbons (Fsp3) is 0.632. The minimum absolute atomic E-state index is 0.0491. The molecule has 138 valence electrons. The number of halogens is 2. The molecule has 25 heavy (non-hydrogen) atoms. The highest BCUT2D eigenvalue weighted by atomic mass is 19.1. The topological polar surface area (TPSA) is 44.4 Å². The number of carbonyl (C=O) groups is 1. The van der Waals surface area contributed by atoms with Crippen LogP contribution in [-0.2, 0) is 4.79 Å². The normalized spacial score (nSPS) is 25.7. The second kappa shape index (κ2) is 8.23. The van der Waals surface area contributed by atoms with Gasteiger partial charge in [0, 0.05) is 30.8 Å². The Morgan fingerprint density at radius 1 is 1.36 bits per heavy atom. The molecule has 2 N–H and O–H groups in total. The Labute approximate surface area is 148 Å². The van der Waals surface area contributed by atoms with Gasteiger partial charge < -0.3 is 10.6 Å². The molecule has 1 amide bonds. The summed E-state index contributed by atoms with van der Waals surface area (Å²) in [7, 11) is 0. The molecule has 2 heterocycles. The minimum atomic E-state index is -0.548. The molecule has 2 fully saturated rings. The first-order chi connectivity index (χ1) is 12.0. The third kappa shape index (κ3) is 4.55. The molecule has 0 aromatic heterocycles. The Bertz CT molecular complexity index is 604. The molecular formula is C19H27F2N3O. The number of amides is 1. The number of carbonyl (C=O) groups excluding carboxylic acids is 1. The summed E-state index contributed by atoms with van der Waals surface area (Å²) in [6.45, 7) is 5.24. The van der Waals surface area contributed by atoms with E-state index < -0.39 is 11.6 Å². The summed E-state index contributed by atoms with van der Waals surface area (Å²) in [4.78, 5) is 14.4. The van der Waals surface area contributed by atoms with Gasteiger partial charge in [-0.3, -0.25) is 9.69 Å². The number of nitrogens with zero attached hydrogens (tertiary/aromatic N) is 1. The van der Waals surface area contributed by atoms with Crippen molar-refractivity contribution in [1.29, 1.82) is 0 Å². The van der Waals surface area contributed by atoms with Crippen molar-refractivity contribution in [2.24, 2.45) is 5.92 Å². The van der Waals surface area contributed by atoms with Crippen LogP contribution in [0, 0.1) is 17.6 Å². The molecule has 0 spiro atoms. The Morgan fingerprint density at radius 3 is 2.92 bits per heavy atom. The quantitative estimate of drug-likeness (QED) is 0.857. The number of rotatable bonds is 5. The molecule has 2 aliphatic heterocycles. The van der Waals surface area contributed by atoms with Gasteiger partial charge in [-0.05, 0) is 57.7 Å². The monoisotopic (exact) mass is 351 g/mol. The lowest BCUT2D eigenvalue weighted by Crippen LogP contribution is -2.46. The second-order valence-electron chi connectivity index (χ2n) is 7.24. The largest absolute Gasteiger partial charge is 0.354 e. The van der Waals surface area contributed by atoms with E-state index in [1.165, 1.54) is 12.1 Å². The first kappa shape index (κ1) is 18.3. The summed E-state index contributed by atoms with van der Waals surface area (Å²) >= 11 is 0. The first-order valence-corrected chi connectivity index (χ1v) is 9.24. The van der Waals surface area contributed by atoms with Crippen molar-refractivity contribution in [1.82, 2.24) is 15.5 Å². The molecule has 0 bridgehead atoms. The van der Waals surface area contributed by atoms with Crippen molar-refractivity contribution in [3.05, 3.63) is 35.4 Å². The number of piperidine rings is 1. The van der Waals surface area contributed by atoms with Gasteiger partial charge in [-0.2, -0.15) is 0 Å². The van der Waals surface area contributed by atoms with E-state index in [1.807, 2.05) is 6.92 Å². The van der Waals surface area contributed by atoms with Gasteiger partial charge in [0.1, 0.15) is 11.6 Å². The lowest BCUT2D eigenvalue weighted by Gasteiger charge is -2.37. The van der Waals surface area contributed by atoms with Crippen LogP contribution in [0.25, 0.3) is 0 Å². The van der Waals surface area contributed by atoms with Crippen LogP contribution in [-0.4, -0.2) is 43.0 Å². The summed E-state index contributed by atoms with van der Waals surface area (Å²) in [5.74, 6) is -0.583. The van der Waals surface area contributed by atoms with Gasteiger partial charge in [0.05, 0.1) is 6.04 Å². The highest BCUT2D eigenvalue weighted by molar-refractivity contribution is 5.81. The van der Waals surface area contributed by atoms with Gasteiger partial charge >= 0.3 is 0 Å². The highest BCUT2D eigenvalue weighted by Crippen LogP contribution is 2.28. The molecule has 6 heteroatoms. The molecule has 1 aromatic carbocycles. The first-order valence-electron chi connectivity index (χ1n) is 9.24. The molecule has 3 unspecified atom stereocenters. The van der Waals surface area contributed by atoms with Crippen molar-refractivity contribution in [3.63, 3.8) is 0 Å². The molecular weight excluding hydrogens is 324 g/mol. The lowest BCUT2D eigenvalue weighted by atomic mass is 9.95. The maximum absolute atomic E-state index is 14.0. The van der Waals surface area contributed by atoms with Gasteiger partial charge in [0.25, 0.3) is 0 Å². The van der Waals surface area contributed by atoms with Crippen molar-refractivity contribution < 1.29 is 13.6 Å². The van der Waals surface area contributed by atoms with Crippen LogP contribution < -0.4 is 10.6 Å². The zero-order chi connectivity index (χ0) is 17.8. The smallest absolute Gasteiger partial charge is 0.237 e. The van der Waals surface area contributed by atoms with Crippen LogP contribution in [0.4, 0.5) is 8.78 Å². The Hall–Kier alpha value is -1.53. The molecule has 4 nitrogen and oxygen atoms in total. The Balaban J connectivity index is 1.54. The maximum Gasteiger partial charge on any atom is 0.237 e. The lowest BCUT2D eigenvalue weighted by molar-refractivity contribution is -0.123. The summed E-state index contributed by atoms with van der Waals surface area (Å²) < 4.78 is 27.2. The average molecular weight is 351 g/mol. The summed E-state index contributed by atoms with van der Waals surface area (Å²) in [5.41, 5.74) is 0.529. The highest BCUT2D eigenvalue weighted by Gasteiger charge is 2.27. The molecule has 0 radical (unpaired) electrons. The van der Waals surface area contributed by atoms with E-state index in [0.717, 1.165) is 51.4 Å². The molecule has 0 aliphatic carbocycles. The zero-order valence-electron chi connectivity index (χ0n) is 14.7. The van der Waals surface area contributed by atoms with E-state index in [9.17, 15) is 13.6 Å². The number of hydrogen-bond donors (Lipinski definition) is 2. The van der Waals surface area contributed by atoms with E-state index in [2.05, 4.69) is 15.5 Å². The fourth-order valence-electron chi connectivity index (χ4n) is 3.93. The number of likely N-dealkylation sites (tertiary alicyclic amines) is 1. The van der Waals surface area contributed by atoms with Crippen molar-refractivity contribution >= 4 is 5.91 Å². The molecule has 3 atom stereocenters. The van der Waals surface area contributed by atoms with Crippen LogP contribution in [0.2, 0.25) is 0 Å². The van der Waals surface area contributed by atoms with Crippen LogP contribution in [0.15, 0.2) is 18.2 Å². The third-order valence-electron chi connectivity index (χ3n) is 5.45. The standard InChI is InChI=1S/C19H27F2N3O/c1-13(16-7-6-15(20)10-17(16)21)24-9-3-4-14(12-24)11-23-19(25)18-5-2-8-22-18/h6-7,10,13-14,18,22H,2-5,8-9,11-12H2,1H3,(H,23,25). The molecule has 1 aromatic rings. The summed E-state index contributed by atoms with van der Waals surface area (Å²) in [5, 5.41) is 6.27. The molecule has 2 aliphatic rings. The molecule has 3 rings (SSSR count). The van der Waals surface area contributed by atoms with E-state index in [0.29, 0.717) is 18.0 Å². The van der Waals surface area contributed by atoms with E-state index in [1.54, 1.807) is 0 Å². The van der Waals surface area contributed by atoms with E-state index in [-0.39, 0.29) is 18.0 Å². The zero-order valence-corrected chi connectivity index (χ0v) is 14.7. The Kier molecular flexibility index (Phi) is 6.02. The van der Waals surface area contributed by atoms with E-state index in [4.69, 9.17) is 0 Å². The van der Waals surface area contributed by atoms with Crippen molar-refractivity contribution in [2.45, 2.75) is 44.7 Å². The number of hydrogen-bond acceptors (Lipinski definition) is 3. The van der Waals surface area contributed by atoms with Crippen LogP contribution >= 0.6 is 0 Å². The van der Waals surface area contributed by atoms with Crippen molar-refractivity contribution in [3.8, 4) is 0 Å². The van der Waals surface area contributed by atoms with Crippen LogP contribution in [0.5, 0.6) is 0 Å². The summed E-state index contributed by atoms with van der Waals surface area (Å²) in [6, 6.07) is 3.64. The van der Waals surface area contributed by atoms with Crippen LogP contribution in [0.1, 0.15) is 44.2 Å². The van der Waals surface area contributed by atoms with Gasteiger partial charge in [-0.15, -0.1) is 0 Å². The average Bonchev–Trinajstić information content (AvgIpc) is 3.14. The fourth-order valence-corrected chi connectivity index (χ4v) is 3.93. The maximum atomic E-state index is 14.0. The SMILES string of the molecule is CC(c1ccc(F)cc1F)N1CCCC(CNC(=O)C2CCCN2)C1.